The van der Waals surface area contributed by atoms with E-state index < -0.39 is 10.0 Å². The molecule has 1 atom stereocenters. The molecule has 2 rings (SSSR count). The van der Waals surface area contributed by atoms with Gasteiger partial charge in [-0.2, -0.15) is 4.31 Å². The molecule has 8 heteroatoms. The van der Waals surface area contributed by atoms with Gasteiger partial charge in [-0.3, -0.25) is 4.40 Å². The summed E-state index contributed by atoms with van der Waals surface area (Å²) in [6.07, 6.45) is 1.74. The van der Waals surface area contributed by atoms with E-state index in [2.05, 4.69) is 10.3 Å². The van der Waals surface area contributed by atoms with Gasteiger partial charge in [0, 0.05) is 31.2 Å². The van der Waals surface area contributed by atoms with Crippen LogP contribution in [-0.2, 0) is 10.0 Å². The van der Waals surface area contributed by atoms with Crippen molar-refractivity contribution in [1.29, 1.82) is 0 Å². The summed E-state index contributed by atoms with van der Waals surface area (Å²) in [6, 6.07) is -0.0892. The van der Waals surface area contributed by atoms with E-state index in [1.54, 1.807) is 17.6 Å². The Balaban J connectivity index is 2.57. The smallest absolute Gasteiger partial charge is 0.262 e. The van der Waals surface area contributed by atoms with E-state index in [1.807, 2.05) is 33.1 Å². The fourth-order valence-electron chi connectivity index (χ4n) is 2.07. The first-order chi connectivity index (χ1) is 9.80. The van der Waals surface area contributed by atoms with E-state index in [0.717, 1.165) is 0 Å². The van der Waals surface area contributed by atoms with Gasteiger partial charge in [-0.1, -0.05) is 13.8 Å². The molecule has 0 aliphatic rings. The van der Waals surface area contributed by atoms with Crippen LogP contribution >= 0.6 is 11.3 Å². The number of thiazole rings is 1. The molecule has 2 aromatic heterocycles. The zero-order valence-electron chi connectivity index (χ0n) is 13.0. The predicted octanol–water partition coefficient (Wildman–Crippen LogP) is 2.49. The summed E-state index contributed by atoms with van der Waals surface area (Å²) in [6.45, 7) is 8.49. The molecule has 2 heterocycles. The van der Waals surface area contributed by atoms with Gasteiger partial charge < -0.3 is 5.32 Å². The number of hydrogen-bond donors (Lipinski definition) is 1. The van der Waals surface area contributed by atoms with E-state index in [0.29, 0.717) is 17.3 Å². The second kappa shape index (κ2) is 5.94. The number of anilines is 1. The number of aromatic nitrogens is 2. The highest BCUT2D eigenvalue weighted by Gasteiger charge is 2.33. The van der Waals surface area contributed by atoms with Crippen molar-refractivity contribution in [2.45, 2.75) is 38.8 Å². The first-order valence-corrected chi connectivity index (χ1v) is 9.30. The molecular weight excluding hydrogens is 308 g/mol. The van der Waals surface area contributed by atoms with Crippen LogP contribution in [0.4, 0.5) is 5.82 Å². The SMILES string of the molecule is CCNc1nc2sccn2c1S(=O)(=O)N(C)C(C)C(C)C. The Kier molecular flexibility index (Phi) is 4.60. The van der Waals surface area contributed by atoms with E-state index in [9.17, 15) is 8.42 Å². The van der Waals surface area contributed by atoms with Crippen LogP contribution in [0.5, 0.6) is 0 Å². The summed E-state index contributed by atoms with van der Waals surface area (Å²) in [4.78, 5) is 5.06. The van der Waals surface area contributed by atoms with Crippen molar-refractivity contribution in [3.8, 4) is 0 Å². The molecule has 0 aliphatic heterocycles. The standard InChI is InChI=1S/C13H22N4O2S2/c1-6-14-11-12(17-7-8-20-13(17)15-11)21(18,19)16(5)10(4)9(2)3/h7-10,14H,6H2,1-5H3. The van der Waals surface area contributed by atoms with Crippen LogP contribution in [0.3, 0.4) is 0 Å². The molecule has 6 nitrogen and oxygen atoms in total. The van der Waals surface area contributed by atoms with Crippen molar-refractivity contribution in [2.75, 3.05) is 18.9 Å². The van der Waals surface area contributed by atoms with Crippen molar-refractivity contribution in [1.82, 2.24) is 13.7 Å². The highest BCUT2D eigenvalue weighted by Crippen LogP contribution is 2.29. The molecule has 2 aromatic rings. The number of fused-ring (bicyclic) bond motifs is 1. The molecule has 0 radical (unpaired) electrons. The summed E-state index contributed by atoms with van der Waals surface area (Å²) in [5, 5.41) is 5.10. The third-order valence-corrected chi connectivity index (χ3v) is 6.45. The van der Waals surface area contributed by atoms with Crippen LogP contribution in [0.1, 0.15) is 27.7 Å². The Hall–Kier alpha value is -1.12. The molecule has 0 saturated heterocycles. The summed E-state index contributed by atoms with van der Waals surface area (Å²) in [5.74, 6) is 0.658. The lowest BCUT2D eigenvalue weighted by atomic mass is 10.1. The number of hydrogen-bond acceptors (Lipinski definition) is 5. The van der Waals surface area contributed by atoms with Crippen LogP contribution < -0.4 is 5.32 Å². The minimum absolute atomic E-state index is 0.0892. The molecule has 0 saturated carbocycles. The highest BCUT2D eigenvalue weighted by atomic mass is 32.2. The second-order valence-corrected chi connectivity index (χ2v) is 8.14. The largest absolute Gasteiger partial charge is 0.368 e. The molecule has 0 aromatic carbocycles. The molecule has 21 heavy (non-hydrogen) atoms. The molecular formula is C13H22N4O2S2. The topological polar surface area (TPSA) is 66.7 Å². The van der Waals surface area contributed by atoms with Crippen LogP contribution in [0.25, 0.3) is 4.96 Å². The Labute approximate surface area is 129 Å². The predicted molar refractivity (Wildman–Crippen MR) is 86.5 cm³/mol. The molecule has 0 spiro atoms. The molecule has 0 amide bonds. The number of nitrogens with zero attached hydrogens (tertiary/aromatic N) is 3. The van der Waals surface area contributed by atoms with Crippen molar-refractivity contribution in [3.63, 3.8) is 0 Å². The molecule has 0 aliphatic carbocycles. The number of nitrogens with one attached hydrogen (secondary N) is 1. The minimum Gasteiger partial charge on any atom is -0.368 e. The lowest BCUT2D eigenvalue weighted by molar-refractivity contribution is 0.315. The Morgan fingerprint density at radius 3 is 2.67 bits per heavy atom. The maximum Gasteiger partial charge on any atom is 0.262 e. The summed E-state index contributed by atoms with van der Waals surface area (Å²) in [5.41, 5.74) is 0. The summed E-state index contributed by atoms with van der Waals surface area (Å²) < 4.78 is 29.0. The first-order valence-electron chi connectivity index (χ1n) is 6.98. The van der Waals surface area contributed by atoms with Gasteiger partial charge >= 0.3 is 0 Å². The molecule has 118 valence electrons. The quantitative estimate of drug-likeness (QED) is 0.884. The third kappa shape index (κ3) is 2.79. The van der Waals surface area contributed by atoms with Crippen LogP contribution in [0, 0.1) is 5.92 Å². The van der Waals surface area contributed by atoms with Gasteiger partial charge in [0.15, 0.2) is 15.8 Å². The van der Waals surface area contributed by atoms with E-state index in [4.69, 9.17) is 0 Å². The van der Waals surface area contributed by atoms with Crippen LogP contribution in [0.2, 0.25) is 0 Å². The van der Waals surface area contributed by atoms with Gasteiger partial charge in [0.2, 0.25) is 0 Å². The Morgan fingerprint density at radius 2 is 2.10 bits per heavy atom. The molecule has 1 N–H and O–H groups in total. The van der Waals surface area contributed by atoms with E-state index in [-0.39, 0.29) is 17.0 Å². The van der Waals surface area contributed by atoms with Gasteiger partial charge in [-0.05, 0) is 19.8 Å². The van der Waals surface area contributed by atoms with Gasteiger partial charge in [0.05, 0.1) is 0 Å². The Bertz CT molecular complexity index is 718. The first kappa shape index (κ1) is 16.3. The van der Waals surface area contributed by atoms with E-state index >= 15 is 0 Å². The maximum absolute atomic E-state index is 13.0. The normalized spacial score (nSPS) is 14.2. The molecule has 1 unspecified atom stereocenters. The van der Waals surface area contributed by atoms with Crippen molar-refractivity contribution in [2.24, 2.45) is 5.92 Å². The molecule has 0 bridgehead atoms. The van der Waals surface area contributed by atoms with Crippen molar-refractivity contribution >= 4 is 32.1 Å². The number of imidazole rings is 1. The van der Waals surface area contributed by atoms with Gasteiger partial charge in [-0.25, -0.2) is 13.4 Å². The Morgan fingerprint density at radius 1 is 1.43 bits per heavy atom. The van der Waals surface area contributed by atoms with Crippen LogP contribution in [0.15, 0.2) is 16.6 Å². The van der Waals surface area contributed by atoms with Gasteiger partial charge in [0.25, 0.3) is 10.0 Å². The summed E-state index contributed by atoms with van der Waals surface area (Å²) >= 11 is 1.42. The summed E-state index contributed by atoms with van der Waals surface area (Å²) in [7, 11) is -1.98. The highest BCUT2D eigenvalue weighted by molar-refractivity contribution is 7.89. The van der Waals surface area contributed by atoms with Crippen molar-refractivity contribution < 1.29 is 8.42 Å². The average Bonchev–Trinajstić information content (AvgIpc) is 2.96. The fraction of sp³-hybridized carbons (Fsp3) is 0.615. The lowest BCUT2D eigenvalue weighted by Gasteiger charge is -2.27. The van der Waals surface area contributed by atoms with E-state index in [1.165, 1.54) is 15.6 Å². The number of rotatable bonds is 6. The fourth-order valence-corrected chi connectivity index (χ4v) is 4.55. The maximum atomic E-state index is 13.0. The van der Waals surface area contributed by atoms with Crippen LogP contribution in [-0.4, -0.2) is 41.7 Å². The number of sulfonamides is 1. The average molecular weight is 330 g/mol. The van der Waals surface area contributed by atoms with Gasteiger partial charge in [0.1, 0.15) is 0 Å². The minimum atomic E-state index is -3.61. The zero-order valence-corrected chi connectivity index (χ0v) is 14.6. The zero-order chi connectivity index (χ0) is 15.8. The van der Waals surface area contributed by atoms with Crippen molar-refractivity contribution in [3.05, 3.63) is 11.6 Å². The lowest BCUT2D eigenvalue weighted by Crippen LogP contribution is -2.38. The second-order valence-electron chi connectivity index (χ2n) is 5.36. The molecule has 0 fully saturated rings. The third-order valence-electron chi connectivity index (χ3n) is 3.72. The van der Waals surface area contributed by atoms with Gasteiger partial charge in [-0.15, -0.1) is 11.3 Å². The monoisotopic (exact) mass is 330 g/mol.